The van der Waals surface area contributed by atoms with E-state index in [1.165, 1.54) is 55.4 Å². The summed E-state index contributed by atoms with van der Waals surface area (Å²) in [7, 11) is 0. The van der Waals surface area contributed by atoms with Crippen LogP contribution in [0, 0.1) is 35.6 Å². The Balaban J connectivity index is -0.000000347. The van der Waals surface area contributed by atoms with Gasteiger partial charge in [-0.05, 0) is 36.4 Å². The van der Waals surface area contributed by atoms with Gasteiger partial charge in [0.1, 0.15) is 0 Å². The molecule has 0 aromatic carbocycles. The Bertz CT molecular complexity index is 751. The topological polar surface area (TPSA) is 214 Å². The third-order valence-electron chi connectivity index (χ3n) is 2.73. The normalized spacial score (nSPS) is 8.00. The summed E-state index contributed by atoms with van der Waals surface area (Å²) < 4.78 is 0. The second-order valence-electron chi connectivity index (χ2n) is 4.64. The Kier molecular flexibility index (Phi) is 19.0. The predicted octanol–water partition coefficient (Wildman–Crippen LogP) is 0.690. The summed E-state index contributed by atoms with van der Waals surface area (Å²) in [5.74, 6) is -2.82. The molecule has 7 N–H and O–H groups in total. The first-order valence-electron chi connectivity index (χ1n) is 7.31. The van der Waals surface area contributed by atoms with E-state index < -0.39 is 17.9 Å². The van der Waals surface area contributed by atoms with Gasteiger partial charge in [-0.25, -0.2) is 14.4 Å². The molecule has 0 aliphatic rings. The Hall–Kier alpha value is -3.03. The first-order valence-corrected chi connectivity index (χ1v) is 7.31. The van der Waals surface area contributed by atoms with Crippen molar-refractivity contribution in [2.24, 2.45) is 0 Å². The molecule has 0 aliphatic carbocycles. The van der Waals surface area contributed by atoms with Crippen LogP contribution in [0.3, 0.4) is 0 Å². The van der Waals surface area contributed by atoms with Crippen molar-refractivity contribution in [2.75, 3.05) is 0 Å². The molecule has 0 aliphatic heterocycles. The fourth-order valence-corrected chi connectivity index (χ4v) is 1.47. The molecule has 3 rings (SSSR count). The van der Waals surface area contributed by atoms with Crippen molar-refractivity contribution in [3.05, 3.63) is 90.3 Å². The molecule has 12 heteroatoms. The van der Waals surface area contributed by atoms with Crippen LogP contribution in [0.4, 0.5) is 0 Å². The maximum absolute atomic E-state index is 10.2. The van der Waals surface area contributed by atoms with Gasteiger partial charge < -0.3 is 26.3 Å². The summed E-state index contributed by atoms with van der Waals surface area (Å²) in [4.78, 5) is 41.4. The number of nitrogens with zero attached hydrogens (tertiary/aromatic N) is 3. The van der Waals surface area contributed by atoms with Crippen molar-refractivity contribution in [1.82, 2.24) is 15.0 Å². The fraction of sp³-hybridized carbons (Fsp3) is 0. The van der Waals surface area contributed by atoms with Crippen LogP contribution < -0.4 is 0 Å². The van der Waals surface area contributed by atoms with Gasteiger partial charge in [0, 0.05) is 72.8 Å². The quantitative estimate of drug-likeness (QED) is 0.422. The van der Waals surface area contributed by atoms with Crippen LogP contribution >= 0.6 is 0 Å². The third kappa shape index (κ3) is 13.2. The van der Waals surface area contributed by atoms with Gasteiger partial charge in [0.25, 0.3) is 0 Å². The Morgan fingerprint density at radius 2 is 0.800 bits per heavy atom. The number of hydrogen-bond donors (Lipinski definition) is 3. The smallest absolute Gasteiger partial charge is 0.337 e. The number of rotatable bonds is 3. The molecule has 0 bridgehead atoms. The van der Waals surface area contributed by atoms with E-state index in [4.69, 9.17) is 15.3 Å². The van der Waals surface area contributed by atoms with Gasteiger partial charge >= 0.3 is 17.9 Å². The first-order chi connectivity index (χ1) is 12.9. The SMILES string of the molecule is O.O.O=C(O)c1cccnc1.O=C(O)c1cccnc1.O=C(O)c1cccnc1.[La]. The predicted molar refractivity (Wildman–Crippen MR) is 101 cm³/mol. The molecular formula is C18H19LaN3O8. The van der Waals surface area contributed by atoms with E-state index in [0.29, 0.717) is 0 Å². The number of aromatic carboxylic acids is 3. The standard InChI is InChI=1S/3C6H5NO2.La.2H2O/c3*8-6(9)5-2-1-3-7-4-5;;;/h3*1-4H,(H,8,9);;2*1H2. The molecule has 0 saturated carbocycles. The zero-order valence-corrected chi connectivity index (χ0v) is 19.0. The van der Waals surface area contributed by atoms with E-state index in [2.05, 4.69) is 15.0 Å². The van der Waals surface area contributed by atoms with E-state index in [-0.39, 0.29) is 63.2 Å². The van der Waals surface area contributed by atoms with Crippen LogP contribution in [0.5, 0.6) is 0 Å². The molecule has 30 heavy (non-hydrogen) atoms. The van der Waals surface area contributed by atoms with E-state index in [0.717, 1.165) is 0 Å². The second-order valence-corrected chi connectivity index (χ2v) is 4.64. The summed E-state index contributed by atoms with van der Waals surface area (Å²) in [5, 5.41) is 25.0. The van der Waals surface area contributed by atoms with Gasteiger partial charge in [0.05, 0.1) is 16.7 Å². The zero-order valence-electron chi connectivity index (χ0n) is 15.4. The number of pyridine rings is 3. The monoisotopic (exact) mass is 544 g/mol. The minimum Gasteiger partial charge on any atom is -0.478 e. The van der Waals surface area contributed by atoms with Crippen LogP contribution in [0.25, 0.3) is 0 Å². The largest absolute Gasteiger partial charge is 0.478 e. The molecule has 1 radical (unpaired) electrons. The second kappa shape index (κ2) is 18.0. The average molecular weight is 544 g/mol. The maximum Gasteiger partial charge on any atom is 0.337 e. The number of carboxylic acids is 3. The molecule has 3 aromatic heterocycles. The summed E-state index contributed by atoms with van der Waals surface area (Å²) in [6.07, 6.45) is 8.53. The summed E-state index contributed by atoms with van der Waals surface area (Å²) >= 11 is 0. The third-order valence-corrected chi connectivity index (χ3v) is 2.73. The molecule has 0 spiro atoms. The van der Waals surface area contributed by atoms with Crippen LogP contribution in [0.1, 0.15) is 31.1 Å². The Morgan fingerprint density at radius 1 is 0.567 bits per heavy atom. The van der Waals surface area contributed by atoms with E-state index in [9.17, 15) is 14.4 Å². The van der Waals surface area contributed by atoms with Crippen LogP contribution in [-0.2, 0) is 0 Å². The van der Waals surface area contributed by atoms with Crippen molar-refractivity contribution < 1.29 is 76.3 Å². The van der Waals surface area contributed by atoms with Crippen molar-refractivity contribution >= 4 is 17.9 Å². The average Bonchev–Trinajstić information content (AvgIpc) is 2.71. The molecule has 0 fully saturated rings. The van der Waals surface area contributed by atoms with Crippen LogP contribution in [0.15, 0.2) is 73.6 Å². The van der Waals surface area contributed by atoms with E-state index >= 15 is 0 Å². The fourth-order valence-electron chi connectivity index (χ4n) is 1.47. The van der Waals surface area contributed by atoms with Gasteiger partial charge in [-0.2, -0.15) is 0 Å². The van der Waals surface area contributed by atoms with Crippen LogP contribution in [-0.4, -0.2) is 59.1 Å². The molecule has 0 unspecified atom stereocenters. The molecule has 11 nitrogen and oxygen atoms in total. The summed E-state index contributed by atoms with van der Waals surface area (Å²) in [6.45, 7) is 0. The maximum atomic E-state index is 10.2. The minimum absolute atomic E-state index is 0. The van der Waals surface area contributed by atoms with E-state index in [1.807, 2.05) is 0 Å². The van der Waals surface area contributed by atoms with Crippen molar-refractivity contribution in [1.29, 1.82) is 0 Å². The number of carboxylic acid groups (broad SMARTS) is 3. The van der Waals surface area contributed by atoms with Crippen LogP contribution in [0.2, 0.25) is 0 Å². The van der Waals surface area contributed by atoms with Gasteiger partial charge in [-0.15, -0.1) is 0 Å². The van der Waals surface area contributed by atoms with Crippen molar-refractivity contribution in [2.45, 2.75) is 0 Å². The molecule has 3 heterocycles. The summed E-state index contributed by atoms with van der Waals surface area (Å²) in [6, 6.07) is 9.25. The van der Waals surface area contributed by atoms with Crippen molar-refractivity contribution in [3.8, 4) is 0 Å². The minimum atomic E-state index is -0.942. The van der Waals surface area contributed by atoms with Gasteiger partial charge in [-0.1, -0.05) is 0 Å². The van der Waals surface area contributed by atoms with Gasteiger partial charge in [0.15, 0.2) is 0 Å². The number of hydrogen-bond acceptors (Lipinski definition) is 6. The molecule has 0 saturated heterocycles. The Labute approximate surface area is 198 Å². The first kappa shape index (κ1) is 31.7. The molecule has 157 valence electrons. The van der Waals surface area contributed by atoms with Gasteiger partial charge in [0.2, 0.25) is 0 Å². The summed E-state index contributed by atoms with van der Waals surface area (Å²) in [5.41, 5.74) is 0.660. The molecule has 3 aromatic rings. The molecule has 0 amide bonds. The Morgan fingerprint density at radius 3 is 0.900 bits per heavy atom. The van der Waals surface area contributed by atoms with E-state index in [1.54, 1.807) is 18.2 Å². The van der Waals surface area contributed by atoms with Crippen molar-refractivity contribution in [3.63, 3.8) is 0 Å². The molecular weight excluding hydrogens is 525 g/mol. The zero-order chi connectivity index (χ0) is 20.1. The number of aromatic nitrogens is 3. The van der Waals surface area contributed by atoms with Gasteiger partial charge in [-0.3, -0.25) is 15.0 Å². The molecule has 0 atom stereocenters. The number of carbonyl (C=O) groups is 3.